The van der Waals surface area contributed by atoms with Gasteiger partial charge in [0.2, 0.25) is 0 Å². The average molecular weight is 479 g/mol. The van der Waals surface area contributed by atoms with Crippen LogP contribution < -0.4 is 4.74 Å². The molecule has 0 saturated heterocycles. The van der Waals surface area contributed by atoms with Crippen molar-refractivity contribution in [3.8, 4) is 5.75 Å². The molecule has 6 nitrogen and oxygen atoms in total. The monoisotopic (exact) mass is 478 g/mol. The van der Waals surface area contributed by atoms with Gasteiger partial charge in [-0.25, -0.2) is 18.2 Å². The number of hydrogen-bond donors (Lipinski definition) is 0. The minimum atomic E-state index is -3.83. The number of sulfonamides is 1. The van der Waals surface area contributed by atoms with Crippen LogP contribution in [0.3, 0.4) is 0 Å². The molecule has 0 N–H and O–H groups in total. The summed E-state index contributed by atoms with van der Waals surface area (Å²) >= 11 is 4.37. The molecule has 1 aliphatic heterocycles. The number of halogens is 1. The molecule has 1 aromatic carbocycles. The van der Waals surface area contributed by atoms with E-state index in [1.807, 2.05) is 24.3 Å². The van der Waals surface area contributed by atoms with Crippen LogP contribution in [0.25, 0.3) is 0 Å². The van der Waals surface area contributed by atoms with Gasteiger partial charge in [-0.15, -0.1) is 11.3 Å². The highest BCUT2D eigenvalue weighted by atomic mass is 79.9. The number of rotatable bonds is 4. The molecule has 4 rings (SSSR count). The van der Waals surface area contributed by atoms with E-state index in [2.05, 4.69) is 20.9 Å². The summed E-state index contributed by atoms with van der Waals surface area (Å²) in [7, 11) is -3.83. The largest absolute Gasteiger partial charge is 0.422 e. The summed E-state index contributed by atoms with van der Waals surface area (Å²) in [4.78, 5) is 17.0. The Labute approximate surface area is 175 Å². The summed E-state index contributed by atoms with van der Waals surface area (Å²) in [6.07, 6.45) is 1.81. The van der Waals surface area contributed by atoms with Crippen molar-refractivity contribution in [1.29, 1.82) is 0 Å². The average Bonchev–Trinajstić information content (AvgIpc) is 3.24. The van der Waals surface area contributed by atoms with E-state index in [4.69, 9.17) is 4.74 Å². The normalized spacial score (nSPS) is 17.1. The summed E-state index contributed by atoms with van der Waals surface area (Å²) in [5.74, 6) is -0.386. The Kier molecular flexibility index (Phi) is 5.33. The van der Waals surface area contributed by atoms with Gasteiger partial charge >= 0.3 is 5.97 Å². The van der Waals surface area contributed by atoms with Gasteiger partial charge in [-0.3, -0.25) is 0 Å². The molecule has 0 unspecified atom stereocenters. The van der Waals surface area contributed by atoms with Crippen LogP contribution in [0.4, 0.5) is 0 Å². The Bertz CT molecular complexity index is 1120. The van der Waals surface area contributed by atoms with E-state index in [0.29, 0.717) is 4.60 Å². The summed E-state index contributed by atoms with van der Waals surface area (Å²) in [5.41, 5.74) is 1.82. The number of aromatic nitrogens is 1. The molecule has 0 amide bonds. The smallest absolute Gasteiger partial charge is 0.330 e. The van der Waals surface area contributed by atoms with Gasteiger partial charge in [0.1, 0.15) is 14.9 Å². The fourth-order valence-electron chi connectivity index (χ4n) is 3.10. The first-order valence-corrected chi connectivity index (χ1v) is 11.5. The maximum absolute atomic E-state index is 13.2. The zero-order valence-electron chi connectivity index (χ0n) is 14.5. The number of thiophene rings is 1. The fraction of sp³-hybridized carbons (Fsp3) is 0.158. The highest BCUT2D eigenvalue weighted by Crippen LogP contribution is 2.32. The Hall–Kier alpha value is -2.07. The third-order valence-electron chi connectivity index (χ3n) is 4.47. The van der Waals surface area contributed by atoms with E-state index >= 15 is 0 Å². The molecule has 9 heteroatoms. The van der Waals surface area contributed by atoms with Crippen LogP contribution in [0.5, 0.6) is 5.75 Å². The Morgan fingerprint density at radius 2 is 1.93 bits per heavy atom. The number of hydrogen-bond acceptors (Lipinski definition) is 6. The first-order valence-electron chi connectivity index (χ1n) is 8.41. The van der Waals surface area contributed by atoms with Gasteiger partial charge < -0.3 is 4.74 Å². The lowest BCUT2D eigenvalue weighted by atomic mass is 9.96. The highest BCUT2D eigenvalue weighted by Gasteiger charge is 2.41. The Morgan fingerprint density at radius 3 is 2.64 bits per heavy atom. The van der Waals surface area contributed by atoms with Crippen molar-refractivity contribution in [3.63, 3.8) is 0 Å². The van der Waals surface area contributed by atoms with Gasteiger partial charge in [-0.2, -0.15) is 4.31 Å². The van der Waals surface area contributed by atoms with Crippen LogP contribution in [0.1, 0.15) is 11.1 Å². The lowest BCUT2D eigenvalue weighted by molar-refractivity contribution is -0.139. The molecule has 144 valence electrons. The number of carbonyl (C=O) groups is 1. The van der Waals surface area contributed by atoms with E-state index in [-0.39, 0.29) is 22.9 Å². The molecular weight excluding hydrogens is 464 g/mol. The first-order chi connectivity index (χ1) is 13.5. The number of nitrogens with zero attached hydrogens (tertiary/aromatic N) is 2. The summed E-state index contributed by atoms with van der Waals surface area (Å²) in [6.45, 7) is 0.115. The van der Waals surface area contributed by atoms with Crippen molar-refractivity contribution in [2.75, 3.05) is 0 Å². The molecular formula is C19H15BrN2O4S2. The lowest BCUT2D eigenvalue weighted by Crippen LogP contribution is -2.49. The quantitative estimate of drug-likeness (QED) is 0.422. The van der Waals surface area contributed by atoms with Gasteiger partial charge in [0.15, 0.2) is 5.75 Å². The Morgan fingerprint density at radius 1 is 1.14 bits per heavy atom. The molecule has 0 spiro atoms. The molecule has 0 bridgehead atoms. The van der Waals surface area contributed by atoms with E-state index < -0.39 is 22.0 Å². The van der Waals surface area contributed by atoms with E-state index in [9.17, 15) is 13.2 Å². The number of esters is 1. The predicted molar refractivity (Wildman–Crippen MR) is 109 cm³/mol. The third kappa shape index (κ3) is 3.62. The van der Waals surface area contributed by atoms with Crippen LogP contribution >= 0.6 is 27.3 Å². The van der Waals surface area contributed by atoms with E-state index in [0.717, 1.165) is 22.5 Å². The van der Waals surface area contributed by atoms with Gasteiger partial charge in [-0.05, 0) is 50.6 Å². The molecule has 0 radical (unpaired) electrons. The summed E-state index contributed by atoms with van der Waals surface area (Å²) in [5, 5.41) is 1.70. The van der Waals surface area contributed by atoms with Gasteiger partial charge in [-0.1, -0.05) is 30.3 Å². The lowest BCUT2D eigenvalue weighted by Gasteiger charge is -2.34. The first kappa shape index (κ1) is 19.3. The fourth-order valence-corrected chi connectivity index (χ4v) is 6.11. The molecule has 0 fully saturated rings. The zero-order valence-corrected chi connectivity index (χ0v) is 17.7. The van der Waals surface area contributed by atoms with E-state index in [1.165, 1.54) is 4.31 Å². The van der Waals surface area contributed by atoms with E-state index in [1.54, 1.807) is 35.8 Å². The number of ether oxygens (including phenoxy) is 1. The second kappa shape index (κ2) is 7.75. The number of pyridine rings is 1. The Balaban J connectivity index is 1.72. The van der Waals surface area contributed by atoms with Crippen LogP contribution in [0, 0.1) is 0 Å². The van der Waals surface area contributed by atoms with Crippen molar-refractivity contribution in [3.05, 3.63) is 75.8 Å². The minimum Gasteiger partial charge on any atom is -0.422 e. The van der Waals surface area contributed by atoms with Crippen LogP contribution in [0.2, 0.25) is 0 Å². The van der Waals surface area contributed by atoms with Crippen molar-refractivity contribution in [2.24, 2.45) is 0 Å². The van der Waals surface area contributed by atoms with Crippen LogP contribution in [-0.2, 0) is 27.8 Å². The number of fused-ring (bicyclic) bond motifs is 1. The maximum Gasteiger partial charge on any atom is 0.330 e. The molecule has 0 aliphatic carbocycles. The van der Waals surface area contributed by atoms with Crippen LogP contribution in [0.15, 0.2) is 68.9 Å². The standard InChI is InChI=1S/C19H15BrN2O4S2/c20-18-16(7-3-9-21-18)26-19(23)15-11-13-5-1-2-6-14(13)12-22(15)28(24,25)17-8-4-10-27-17/h1-10,15H,11-12H2/t15-/m0/s1. The highest BCUT2D eigenvalue weighted by molar-refractivity contribution is 9.10. The molecule has 3 heterocycles. The molecule has 1 atom stereocenters. The summed E-state index contributed by atoms with van der Waals surface area (Å²) < 4.78 is 33.7. The number of carbonyl (C=O) groups excluding carboxylic acids is 1. The van der Waals surface area contributed by atoms with Crippen molar-refractivity contribution < 1.29 is 17.9 Å². The molecule has 1 aliphatic rings. The molecule has 28 heavy (non-hydrogen) atoms. The predicted octanol–water partition coefficient (Wildman–Crippen LogP) is 3.63. The van der Waals surface area contributed by atoms with Gasteiger partial charge in [0.05, 0.1) is 0 Å². The van der Waals surface area contributed by atoms with Gasteiger partial charge in [0.25, 0.3) is 10.0 Å². The third-order valence-corrected chi connectivity index (χ3v) is 8.29. The SMILES string of the molecule is O=C(Oc1cccnc1Br)[C@@H]1Cc2ccccc2CN1S(=O)(=O)c1cccs1. The second-order valence-electron chi connectivity index (χ2n) is 6.18. The second-order valence-corrected chi connectivity index (χ2v) is 10.0. The van der Waals surface area contributed by atoms with Crippen LogP contribution in [-0.4, -0.2) is 29.7 Å². The van der Waals surface area contributed by atoms with Crippen molar-refractivity contribution in [2.45, 2.75) is 23.2 Å². The van der Waals surface area contributed by atoms with Crippen molar-refractivity contribution >= 4 is 43.3 Å². The van der Waals surface area contributed by atoms with Gasteiger partial charge in [0, 0.05) is 19.2 Å². The topological polar surface area (TPSA) is 76.6 Å². The molecule has 2 aromatic heterocycles. The van der Waals surface area contributed by atoms with Crippen molar-refractivity contribution in [1.82, 2.24) is 9.29 Å². The summed E-state index contributed by atoms with van der Waals surface area (Å²) in [6, 6.07) is 13.0. The molecule has 3 aromatic rings. The number of benzene rings is 1. The molecule has 0 saturated carbocycles. The zero-order chi connectivity index (χ0) is 19.7. The minimum absolute atomic E-state index is 0.115. The maximum atomic E-state index is 13.2.